The fraction of sp³-hybridized carbons (Fsp3) is 0.684. The number of aliphatic hydroxyl groups is 1. The SMILES string of the molecule is COC1(C(O)Cc2ccc(C(C)C)cc2)CCCC(C)C1. The van der Waals surface area contributed by atoms with E-state index in [-0.39, 0.29) is 5.60 Å². The topological polar surface area (TPSA) is 29.5 Å². The maximum atomic E-state index is 10.7. The molecule has 1 aromatic rings. The lowest BCUT2D eigenvalue weighted by molar-refractivity contribution is -0.131. The van der Waals surface area contributed by atoms with Gasteiger partial charge in [-0.3, -0.25) is 0 Å². The molecule has 0 aliphatic heterocycles. The molecule has 0 amide bonds. The van der Waals surface area contributed by atoms with Gasteiger partial charge in [0.2, 0.25) is 0 Å². The van der Waals surface area contributed by atoms with Gasteiger partial charge in [-0.2, -0.15) is 0 Å². The molecule has 2 rings (SSSR count). The molecule has 3 unspecified atom stereocenters. The first kappa shape index (κ1) is 16.5. The first-order valence-electron chi connectivity index (χ1n) is 8.29. The van der Waals surface area contributed by atoms with Gasteiger partial charge in [0, 0.05) is 13.5 Å². The summed E-state index contributed by atoms with van der Waals surface area (Å²) >= 11 is 0. The van der Waals surface area contributed by atoms with Crippen LogP contribution >= 0.6 is 0 Å². The Bertz CT molecular complexity index is 437. The fourth-order valence-corrected chi connectivity index (χ4v) is 3.62. The third-order valence-electron chi connectivity index (χ3n) is 5.08. The second kappa shape index (κ2) is 6.93. The lowest BCUT2D eigenvalue weighted by Crippen LogP contribution is -2.48. The number of hydrogen-bond donors (Lipinski definition) is 1. The Kier molecular flexibility index (Phi) is 5.45. The summed E-state index contributed by atoms with van der Waals surface area (Å²) in [4.78, 5) is 0. The molecule has 0 radical (unpaired) electrons. The van der Waals surface area contributed by atoms with Crippen LogP contribution in [-0.4, -0.2) is 23.9 Å². The summed E-state index contributed by atoms with van der Waals surface area (Å²) in [6.07, 6.45) is 4.60. The molecular weight excluding hydrogens is 260 g/mol. The normalized spacial score (nSPS) is 27.8. The van der Waals surface area contributed by atoms with Crippen molar-refractivity contribution in [1.82, 2.24) is 0 Å². The van der Waals surface area contributed by atoms with Gasteiger partial charge in [-0.25, -0.2) is 0 Å². The smallest absolute Gasteiger partial charge is 0.0942 e. The summed E-state index contributed by atoms with van der Waals surface area (Å²) < 4.78 is 5.80. The molecule has 1 N–H and O–H groups in total. The number of rotatable bonds is 5. The van der Waals surface area contributed by atoms with Crippen LogP contribution in [0, 0.1) is 5.92 Å². The lowest BCUT2D eigenvalue weighted by Gasteiger charge is -2.42. The highest BCUT2D eigenvalue weighted by Crippen LogP contribution is 2.38. The van der Waals surface area contributed by atoms with Crippen molar-refractivity contribution in [3.05, 3.63) is 35.4 Å². The minimum absolute atomic E-state index is 0.353. The molecule has 1 saturated carbocycles. The third kappa shape index (κ3) is 3.87. The molecule has 2 nitrogen and oxygen atoms in total. The van der Waals surface area contributed by atoms with Crippen LogP contribution in [0.4, 0.5) is 0 Å². The predicted octanol–water partition coefficient (Wildman–Crippen LogP) is 4.31. The third-order valence-corrected chi connectivity index (χ3v) is 5.08. The second-order valence-corrected chi connectivity index (χ2v) is 7.09. The van der Waals surface area contributed by atoms with Crippen LogP contribution < -0.4 is 0 Å². The van der Waals surface area contributed by atoms with E-state index < -0.39 is 6.10 Å². The Morgan fingerprint density at radius 3 is 2.48 bits per heavy atom. The van der Waals surface area contributed by atoms with E-state index in [2.05, 4.69) is 45.0 Å². The van der Waals surface area contributed by atoms with E-state index >= 15 is 0 Å². The molecule has 1 aliphatic rings. The van der Waals surface area contributed by atoms with Gasteiger partial charge in [0.15, 0.2) is 0 Å². The maximum absolute atomic E-state index is 10.7. The van der Waals surface area contributed by atoms with Gasteiger partial charge >= 0.3 is 0 Å². The van der Waals surface area contributed by atoms with E-state index in [0.29, 0.717) is 18.3 Å². The highest BCUT2D eigenvalue weighted by atomic mass is 16.5. The Balaban J connectivity index is 2.06. The summed E-state index contributed by atoms with van der Waals surface area (Å²) in [5, 5.41) is 10.7. The predicted molar refractivity (Wildman–Crippen MR) is 87.6 cm³/mol. The van der Waals surface area contributed by atoms with Gasteiger partial charge in [-0.1, -0.05) is 57.9 Å². The largest absolute Gasteiger partial charge is 0.390 e. The minimum atomic E-state index is -0.421. The summed E-state index contributed by atoms with van der Waals surface area (Å²) in [6, 6.07) is 8.65. The van der Waals surface area contributed by atoms with E-state index in [1.54, 1.807) is 7.11 Å². The molecular formula is C19H30O2. The maximum Gasteiger partial charge on any atom is 0.0942 e. The summed E-state index contributed by atoms with van der Waals surface area (Å²) in [6.45, 7) is 6.66. The van der Waals surface area contributed by atoms with E-state index in [0.717, 1.165) is 19.3 Å². The first-order chi connectivity index (χ1) is 9.97. The van der Waals surface area contributed by atoms with Crippen molar-refractivity contribution < 1.29 is 9.84 Å². The van der Waals surface area contributed by atoms with Gasteiger partial charge in [0.1, 0.15) is 0 Å². The van der Waals surface area contributed by atoms with Crippen molar-refractivity contribution in [3.63, 3.8) is 0 Å². The van der Waals surface area contributed by atoms with E-state index in [1.807, 2.05) is 0 Å². The number of aliphatic hydroxyl groups excluding tert-OH is 1. The molecule has 2 heteroatoms. The monoisotopic (exact) mass is 290 g/mol. The Hall–Kier alpha value is -0.860. The molecule has 3 atom stereocenters. The Labute approximate surface area is 129 Å². The van der Waals surface area contributed by atoms with Crippen LogP contribution in [0.3, 0.4) is 0 Å². The average Bonchev–Trinajstić information content (AvgIpc) is 2.47. The summed E-state index contributed by atoms with van der Waals surface area (Å²) in [5.74, 6) is 1.19. The Morgan fingerprint density at radius 2 is 1.95 bits per heavy atom. The zero-order valence-electron chi connectivity index (χ0n) is 13.9. The van der Waals surface area contributed by atoms with Gasteiger partial charge in [-0.15, -0.1) is 0 Å². The van der Waals surface area contributed by atoms with Crippen molar-refractivity contribution in [1.29, 1.82) is 0 Å². The number of methoxy groups -OCH3 is 1. The molecule has 118 valence electrons. The van der Waals surface area contributed by atoms with E-state index in [1.165, 1.54) is 17.5 Å². The molecule has 0 saturated heterocycles. The van der Waals surface area contributed by atoms with Crippen LogP contribution in [0.25, 0.3) is 0 Å². The van der Waals surface area contributed by atoms with Crippen molar-refractivity contribution in [2.45, 2.75) is 70.5 Å². The van der Waals surface area contributed by atoms with Crippen LogP contribution in [0.15, 0.2) is 24.3 Å². The minimum Gasteiger partial charge on any atom is -0.390 e. The van der Waals surface area contributed by atoms with Crippen molar-refractivity contribution >= 4 is 0 Å². The van der Waals surface area contributed by atoms with E-state index in [4.69, 9.17) is 4.74 Å². The first-order valence-corrected chi connectivity index (χ1v) is 8.29. The zero-order valence-corrected chi connectivity index (χ0v) is 13.9. The average molecular weight is 290 g/mol. The van der Waals surface area contributed by atoms with Crippen molar-refractivity contribution in [3.8, 4) is 0 Å². The molecule has 0 bridgehead atoms. The molecule has 1 fully saturated rings. The van der Waals surface area contributed by atoms with Crippen LogP contribution in [0.2, 0.25) is 0 Å². The number of benzene rings is 1. The van der Waals surface area contributed by atoms with E-state index in [9.17, 15) is 5.11 Å². The highest BCUT2D eigenvalue weighted by molar-refractivity contribution is 5.25. The molecule has 1 aliphatic carbocycles. The second-order valence-electron chi connectivity index (χ2n) is 7.09. The number of ether oxygens (including phenoxy) is 1. The molecule has 21 heavy (non-hydrogen) atoms. The zero-order chi connectivity index (χ0) is 15.5. The van der Waals surface area contributed by atoms with Crippen molar-refractivity contribution in [2.24, 2.45) is 5.92 Å². The van der Waals surface area contributed by atoms with Crippen LogP contribution in [0.5, 0.6) is 0 Å². The fourth-order valence-electron chi connectivity index (χ4n) is 3.62. The summed E-state index contributed by atoms with van der Waals surface area (Å²) in [7, 11) is 1.75. The summed E-state index contributed by atoms with van der Waals surface area (Å²) in [5.41, 5.74) is 2.19. The molecule has 0 spiro atoms. The standard InChI is InChI=1S/C19H30O2/c1-14(2)17-9-7-16(8-10-17)12-18(20)19(21-4)11-5-6-15(3)13-19/h7-10,14-15,18,20H,5-6,11-13H2,1-4H3. The number of hydrogen-bond acceptors (Lipinski definition) is 2. The molecule has 0 heterocycles. The molecule has 0 aromatic heterocycles. The lowest BCUT2D eigenvalue weighted by atomic mass is 9.74. The van der Waals surface area contributed by atoms with Gasteiger partial charge < -0.3 is 9.84 Å². The van der Waals surface area contributed by atoms with Crippen LogP contribution in [-0.2, 0) is 11.2 Å². The highest BCUT2D eigenvalue weighted by Gasteiger charge is 2.41. The van der Waals surface area contributed by atoms with Gasteiger partial charge in [0.05, 0.1) is 11.7 Å². The molecule has 1 aromatic carbocycles. The van der Waals surface area contributed by atoms with Crippen LogP contribution in [0.1, 0.15) is 63.5 Å². The quantitative estimate of drug-likeness (QED) is 0.875. The van der Waals surface area contributed by atoms with Gasteiger partial charge in [0.25, 0.3) is 0 Å². The Morgan fingerprint density at radius 1 is 1.29 bits per heavy atom. The van der Waals surface area contributed by atoms with Gasteiger partial charge in [-0.05, 0) is 35.8 Å². The van der Waals surface area contributed by atoms with Crippen molar-refractivity contribution in [2.75, 3.05) is 7.11 Å².